The summed E-state index contributed by atoms with van der Waals surface area (Å²) in [4.78, 5) is 4.20. The molecule has 1 aromatic heterocycles. The van der Waals surface area contributed by atoms with E-state index in [9.17, 15) is 0 Å². The van der Waals surface area contributed by atoms with Gasteiger partial charge in [0.1, 0.15) is 5.75 Å². The molecule has 0 aliphatic heterocycles. The van der Waals surface area contributed by atoms with Gasteiger partial charge in [0.15, 0.2) is 0 Å². The number of aryl methyl sites for hydroxylation is 1. The molecule has 1 aromatic rings. The number of ether oxygens (including phenoxy) is 1. The predicted octanol–water partition coefficient (Wildman–Crippen LogP) is 2.27. The van der Waals surface area contributed by atoms with Gasteiger partial charge in [-0.1, -0.05) is 13.8 Å². The normalized spacial score (nSPS) is 12.9. The van der Waals surface area contributed by atoms with Gasteiger partial charge in [0, 0.05) is 30.1 Å². The fraction of sp³-hybridized carbons (Fsp3) is 0.583. The summed E-state index contributed by atoms with van der Waals surface area (Å²) < 4.78 is 5.86. The topological polar surface area (TPSA) is 48.1 Å². The lowest BCUT2D eigenvalue weighted by Crippen LogP contribution is -2.20. The quantitative estimate of drug-likeness (QED) is 0.825. The fourth-order valence-electron chi connectivity index (χ4n) is 1.16. The van der Waals surface area contributed by atoms with Crippen LogP contribution in [0, 0.1) is 12.8 Å². The van der Waals surface area contributed by atoms with E-state index in [-0.39, 0.29) is 6.10 Å². The second-order valence-electron chi connectivity index (χ2n) is 4.20. The number of hydrogen-bond acceptors (Lipinski definition) is 3. The number of hydrogen-bond donors (Lipinski definition) is 1. The highest BCUT2D eigenvalue weighted by Crippen LogP contribution is 2.21. The summed E-state index contributed by atoms with van der Waals surface area (Å²) in [5.41, 5.74) is 7.55. The molecule has 1 unspecified atom stereocenters. The van der Waals surface area contributed by atoms with E-state index < -0.39 is 0 Å². The smallest absolute Gasteiger partial charge is 0.127 e. The summed E-state index contributed by atoms with van der Waals surface area (Å²) >= 11 is 0. The summed E-state index contributed by atoms with van der Waals surface area (Å²) in [6.07, 6.45) is 1.98. The molecular weight excluding hydrogens is 188 g/mol. The van der Waals surface area contributed by atoms with E-state index in [1.165, 1.54) is 0 Å². The van der Waals surface area contributed by atoms with Crippen LogP contribution in [0.2, 0.25) is 0 Å². The molecule has 0 saturated heterocycles. The summed E-state index contributed by atoms with van der Waals surface area (Å²) in [7, 11) is 0. The van der Waals surface area contributed by atoms with Crippen LogP contribution < -0.4 is 10.5 Å². The van der Waals surface area contributed by atoms with Crippen LogP contribution in [0.15, 0.2) is 12.3 Å². The minimum atomic E-state index is 0.192. The Labute approximate surface area is 91.7 Å². The first-order valence-electron chi connectivity index (χ1n) is 5.36. The number of nitrogens with two attached hydrogens (primary N) is 1. The Morgan fingerprint density at radius 2 is 2.07 bits per heavy atom. The Morgan fingerprint density at radius 1 is 1.40 bits per heavy atom. The number of aromatic nitrogens is 1. The molecule has 0 spiro atoms. The Bertz CT molecular complexity index is 323. The van der Waals surface area contributed by atoms with E-state index in [0.29, 0.717) is 12.5 Å². The molecule has 3 heteroatoms. The third kappa shape index (κ3) is 3.20. The molecule has 0 bridgehead atoms. The van der Waals surface area contributed by atoms with Crippen molar-refractivity contribution < 1.29 is 4.74 Å². The largest absolute Gasteiger partial charge is 0.490 e. The van der Waals surface area contributed by atoms with Gasteiger partial charge in [0.2, 0.25) is 0 Å². The number of pyridine rings is 1. The van der Waals surface area contributed by atoms with Crippen molar-refractivity contribution in [1.29, 1.82) is 0 Å². The standard InChI is InChI=1S/C12H20N2O/c1-8(2)10(4)15-12-5-9(3)14-7-11(12)6-13/h5,7-8,10H,6,13H2,1-4H3. The van der Waals surface area contributed by atoms with Crippen molar-refractivity contribution in [1.82, 2.24) is 4.98 Å². The summed E-state index contributed by atoms with van der Waals surface area (Å²) in [6, 6.07) is 1.95. The molecule has 0 fully saturated rings. The predicted molar refractivity (Wildman–Crippen MR) is 61.8 cm³/mol. The molecule has 0 aliphatic rings. The molecule has 0 aromatic carbocycles. The third-order valence-corrected chi connectivity index (χ3v) is 2.55. The lowest BCUT2D eigenvalue weighted by molar-refractivity contribution is 0.168. The van der Waals surface area contributed by atoms with Gasteiger partial charge in [-0.3, -0.25) is 4.98 Å². The van der Waals surface area contributed by atoms with Crippen LogP contribution in [-0.2, 0) is 6.54 Å². The van der Waals surface area contributed by atoms with Crippen LogP contribution in [-0.4, -0.2) is 11.1 Å². The van der Waals surface area contributed by atoms with Gasteiger partial charge < -0.3 is 10.5 Å². The van der Waals surface area contributed by atoms with Crippen LogP contribution in [0.5, 0.6) is 5.75 Å². The highest BCUT2D eigenvalue weighted by Gasteiger charge is 2.11. The van der Waals surface area contributed by atoms with Gasteiger partial charge in [0.25, 0.3) is 0 Å². The molecule has 1 atom stereocenters. The van der Waals surface area contributed by atoms with Gasteiger partial charge in [-0.25, -0.2) is 0 Å². The van der Waals surface area contributed by atoms with Gasteiger partial charge in [-0.05, 0) is 19.8 Å². The van der Waals surface area contributed by atoms with E-state index in [2.05, 4.69) is 25.8 Å². The highest BCUT2D eigenvalue weighted by molar-refractivity contribution is 5.32. The molecule has 15 heavy (non-hydrogen) atoms. The van der Waals surface area contributed by atoms with Crippen molar-refractivity contribution in [2.45, 2.75) is 40.3 Å². The minimum Gasteiger partial charge on any atom is -0.490 e. The zero-order chi connectivity index (χ0) is 11.4. The van der Waals surface area contributed by atoms with Crippen LogP contribution >= 0.6 is 0 Å². The maximum absolute atomic E-state index is 5.86. The molecular formula is C12H20N2O. The van der Waals surface area contributed by atoms with Crippen molar-refractivity contribution in [2.75, 3.05) is 0 Å². The SMILES string of the molecule is Cc1cc(OC(C)C(C)C)c(CN)cn1. The summed E-state index contributed by atoms with van der Waals surface area (Å²) in [5.74, 6) is 1.36. The second kappa shape index (κ2) is 5.12. The average molecular weight is 208 g/mol. The zero-order valence-electron chi connectivity index (χ0n) is 9.95. The number of nitrogens with zero attached hydrogens (tertiary/aromatic N) is 1. The molecule has 0 amide bonds. The molecule has 2 N–H and O–H groups in total. The van der Waals surface area contributed by atoms with Crippen LogP contribution in [0.4, 0.5) is 0 Å². The van der Waals surface area contributed by atoms with Gasteiger partial charge in [-0.2, -0.15) is 0 Å². The molecule has 3 nitrogen and oxygen atoms in total. The molecule has 1 rings (SSSR count). The highest BCUT2D eigenvalue weighted by atomic mass is 16.5. The Morgan fingerprint density at radius 3 is 2.60 bits per heavy atom. The van der Waals surface area contributed by atoms with E-state index in [0.717, 1.165) is 17.0 Å². The maximum atomic E-state index is 5.86. The Kier molecular flexibility index (Phi) is 4.09. The lowest BCUT2D eigenvalue weighted by atomic mass is 10.1. The Hall–Kier alpha value is -1.09. The second-order valence-corrected chi connectivity index (χ2v) is 4.20. The van der Waals surface area contributed by atoms with Crippen molar-refractivity contribution in [3.8, 4) is 5.75 Å². The van der Waals surface area contributed by atoms with E-state index in [4.69, 9.17) is 10.5 Å². The van der Waals surface area contributed by atoms with Crippen molar-refractivity contribution in [3.05, 3.63) is 23.5 Å². The zero-order valence-corrected chi connectivity index (χ0v) is 9.95. The Balaban J connectivity index is 2.87. The summed E-state index contributed by atoms with van der Waals surface area (Å²) in [5, 5.41) is 0. The van der Waals surface area contributed by atoms with E-state index in [1.807, 2.05) is 13.0 Å². The minimum absolute atomic E-state index is 0.192. The molecule has 84 valence electrons. The van der Waals surface area contributed by atoms with Gasteiger partial charge in [-0.15, -0.1) is 0 Å². The van der Waals surface area contributed by atoms with Crippen molar-refractivity contribution in [2.24, 2.45) is 11.7 Å². The molecule has 0 saturated carbocycles. The third-order valence-electron chi connectivity index (χ3n) is 2.55. The van der Waals surface area contributed by atoms with Crippen LogP contribution in [0.3, 0.4) is 0 Å². The van der Waals surface area contributed by atoms with Gasteiger partial charge in [0.05, 0.1) is 6.10 Å². The molecule has 1 heterocycles. The average Bonchev–Trinajstić information content (AvgIpc) is 2.18. The fourth-order valence-corrected chi connectivity index (χ4v) is 1.16. The number of rotatable bonds is 4. The van der Waals surface area contributed by atoms with Crippen LogP contribution in [0.25, 0.3) is 0 Å². The van der Waals surface area contributed by atoms with Crippen molar-refractivity contribution >= 4 is 0 Å². The van der Waals surface area contributed by atoms with Crippen molar-refractivity contribution in [3.63, 3.8) is 0 Å². The summed E-state index contributed by atoms with van der Waals surface area (Å²) in [6.45, 7) is 8.77. The first-order chi connectivity index (χ1) is 7.04. The lowest BCUT2D eigenvalue weighted by Gasteiger charge is -2.20. The van der Waals surface area contributed by atoms with E-state index >= 15 is 0 Å². The monoisotopic (exact) mass is 208 g/mol. The van der Waals surface area contributed by atoms with E-state index in [1.54, 1.807) is 6.20 Å². The first-order valence-corrected chi connectivity index (χ1v) is 5.36. The molecule has 0 aliphatic carbocycles. The van der Waals surface area contributed by atoms with Gasteiger partial charge >= 0.3 is 0 Å². The molecule has 0 radical (unpaired) electrons. The maximum Gasteiger partial charge on any atom is 0.127 e. The first kappa shape index (κ1) is 12.0. The van der Waals surface area contributed by atoms with Crippen LogP contribution in [0.1, 0.15) is 32.0 Å².